The van der Waals surface area contributed by atoms with Crippen LogP contribution in [0.5, 0.6) is 0 Å². The molecule has 0 rings (SSSR count). The van der Waals surface area contributed by atoms with Crippen molar-refractivity contribution in [2.75, 3.05) is 13.0 Å². The average molecular weight is 208 g/mol. The van der Waals surface area contributed by atoms with Crippen LogP contribution in [-0.4, -0.2) is 30.9 Å². The SMILES string of the molecule is COC(=O)[C@@H](NC(=O)CCl)C(C)C. The van der Waals surface area contributed by atoms with Crippen molar-refractivity contribution in [3.63, 3.8) is 0 Å². The van der Waals surface area contributed by atoms with E-state index in [-0.39, 0.29) is 17.7 Å². The fraction of sp³-hybridized carbons (Fsp3) is 0.750. The molecule has 0 spiro atoms. The highest BCUT2D eigenvalue weighted by Gasteiger charge is 2.24. The highest BCUT2D eigenvalue weighted by molar-refractivity contribution is 6.27. The van der Waals surface area contributed by atoms with Gasteiger partial charge < -0.3 is 10.1 Å². The number of alkyl halides is 1. The maximum Gasteiger partial charge on any atom is 0.328 e. The van der Waals surface area contributed by atoms with E-state index in [1.54, 1.807) is 0 Å². The van der Waals surface area contributed by atoms with E-state index in [4.69, 9.17) is 11.6 Å². The van der Waals surface area contributed by atoms with Crippen LogP contribution < -0.4 is 5.32 Å². The molecule has 0 aliphatic heterocycles. The fourth-order valence-electron chi connectivity index (χ4n) is 0.837. The quantitative estimate of drug-likeness (QED) is 0.541. The Labute approximate surface area is 82.6 Å². The predicted octanol–water partition coefficient (Wildman–Crippen LogP) is 0.539. The highest BCUT2D eigenvalue weighted by atomic mass is 35.5. The van der Waals surface area contributed by atoms with Gasteiger partial charge in [-0.15, -0.1) is 11.6 Å². The first kappa shape index (κ1) is 12.2. The van der Waals surface area contributed by atoms with E-state index in [2.05, 4.69) is 10.1 Å². The van der Waals surface area contributed by atoms with E-state index < -0.39 is 12.0 Å². The lowest BCUT2D eigenvalue weighted by molar-refractivity contribution is -0.146. The van der Waals surface area contributed by atoms with E-state index in [0.29, 0.717) is 0 Å². The molecular weight excluding hydrogens is 194 g/mol. The third-order valence-electron chi connectivity index (χ3n) is 1.56. The predicted molar refractivity (Wildman–Crippen MR) is 49.5 cm³/mol. The number of halogens is 1. The summed E-state index contributed by atoms with van der Waals surface area (Å²) < 4.78 is 4.52. The van der Waals surface area contributed by atoms with Crippen LogP contribution in [0.15, 0.2) is 0 Å². The average Bonchev–Trinajstić information content (AvgIpc) is 2.11. The molecule has 0 unspecified atom stereocenters. The Bertz CT molecular complexity index is 194. The van der Waals surface area contributed by atoms with Gasteiger partial charge in [-0.3, -0.25) is 4.79 Å². The molecule has 1 N–H and O–H groups in total. The minimum absolute atomic E-state index is 0.0142. The van der Waals surface area contributed by atoms with Gasteiger partial charge in [-0.1, -0.05) is 13.8 Å². The number of carbonyl (C=O) groups excluding carboxylic acids is 2. The minimum atomic E-state index is -0.615. The molecular formula is C8H14ClNO3. The van der Waals surface area contributed by atoms with Crippen molar-refractivity contribution < 1.29 is 14.3 Å². The molecule has 0 aromatic heterocycles. The van der Waals surface area contributed by atoms with Gasteiger partial charge in [0.15, 0.2) is 0 Å². The summed E-state index contributed by atoms with van der Waals surface area (Å²) in [7, 11) is 1.28. The van der Waals surface area contributed by atoms with Gasteiger partial charge in [0.1, 0.15) is 11.9 Å². The Kier molecular flexibility index (Phi) is 5.46. The van der Waals surface area contributed by atoms with Crippen molar-refractivity contribution >= 4 is 23.5 Å². The van der Waals surface area contributed by atoms with Crippen LogP contribution in [0.1, 0.15) is 13.8 Å². The molecule has 0 heterocycles. The Morgan fingerprint density at radius 3 is 2.31 bits per heavy atom. The van der Waals surface area contributed by atoms with Crippen molar-refractivity contribution in [2.24, 2.45) is 5.92 Å². The number of carbonyl (C=O) groups is 2. The summed E-state index contributed by atoms with van der Waals surface area (Å²) in [5, 5.41) is 2.47. The van der Waals surface area contributed by atoms with Crippen LogP contribution in [0.2, 0.25) is 0 Å². The molecule has 1 amide bonds. The van der Waals surface area contributed by atoms with Gasteiger partial charge in [0.05, 0.1) is 7.11 Å². The number of hydrogen-bond acceptors (Lipinski definition) is 3. The Hall–Kier alpha value is -0.770. The summed E-state index contributed by atoms with van der Waals surface area (Å²) in [6.07, 6.45) is 0. The van der Waals surface area contributed by atoms with Crippen LogP contribution in [0, 0.1) is 5.92 Å². The second-order valence-corrected chi connectivity index (χ2v) is 3.21. The minimum Gasteiger partial charge on any atom is -0.467 e. The van der Waals surface area contributed by atoms with E-state index >= 15 is 0 Å². The number of amides is 1. The van der Waals surface area contributed by atoms with Crippen molar-refractivity contribution in [3.8, 4) is 0 Å². The second-order valence-electron chi connectivity index (χ2n) is 2.95. The lowest BCUT2D eigenvalue weighted by Crippen LogP contribution is -2.45. The van der Waals surface area contributed by atoms with Gasteiger partial charge in [0.2, 0.25) is 5.91 Å². The first-order valence-electron chi connectivity index (χ1n) is 3.96. The molecule has 0 aromatic carbocycles. The molecule has 0 aromatic rings. The van der Waals surface area contributed by atoms with Crippen molar-refractivity contribution in [2.45, 2.75) is 19.9 Å². The molecule has 0 saturated heterocycles. The molecule has 0 fully saturated rings. The zero-order chi connectivity index (χ0) is 10.4. The summed E-state index contributed by atoms with van der Waals surface area (Å²) in [6, 6.07) is -0.615. The van der Waals surface area contributed by atoms with E-state index in [1.165, 1.54) is 7.11 Å². The van der Waals surface area contributed by atoms with Crippen LogP contribution >= 0.6 is 11.6 Å². The molecule has 1 atom stereocenters. The summed E-state index contributed by atoms with van der Waals surface area (Å²) in [5.41, 5.74) is 0. The number of nitrogens with one attached hydrogen (secondary N) is 1. The first-order chi connectivity index (χ1) is 6.02. The van der Waals surface area contributed by atoms with E-state index in [9.17, 15) is 9.59 Å². The third kappa shape index (κ3) is 4.12. The van der Waals surface area contributed by atoms with Gasteiger partial charge in [0, 0.05) is 0 Å². The number of methoxy groups -OCH3 is 1. The van der Waals surface area contributed by atoms with Gasteiger partial charge in [-0.05, 0) is 5.92 Å². The molecule has 0 radical (unpaired) electrons. The topological polar surface area (TPSA) is 55.4 Å². The van der Waals surface area contributed by atoms with Gasteiger partial charge in [0.25, 0.3) is 0 Å². The zero-order valence-corrected chi connectivity index (χ0v) is 8.72. The molecule has 0 aliphatic rings. The van der Waals surface area contributed by atoms with Crippen LogP contribution in [0.3, 0.4) is 0 Å². The fourth-order valence-corrected chi connectivity index (χ4v) is 0.914. The van der Waals surface area contributed by atoms with Crippen LogP contribution in [0.4, 0.5) is 0 Å². The zero-order valence-electron chi connectivity index (χ0n) is 7.96. The lowest BCUT2D eigenvalue weighted by atomic mass is 10.1. The van der Waals surface area contributed by atoms with Crippen molar-refractivity contribution in [1.82, 2.24) is 5.32 Å². The molecule has 0 saturated carbocycles. The first-order valence-corrected chi connectivity index (χ1v) is 4.49. The summed E-state index contributed by atoms with van der Waals surface area (Å²) in [6.45, 7) is 3.63. The number of hydrogen-bond donors (Lipinski definition) is 1. The molecule has 0 aliphatic carbocycles. The molecule has 5 heteroatoms. The molecule has 0 bridgehead atoms. The Morgan fingerprint density at radius 1 is 1.46 bits per heavy atom. The normalized spacial score (nSPS) is 12.4. The molecule has 76 valence electrons. The van der Waals surface area contributed by atoms with E-state index in [1.807, 2.05) is 13.8 Å². The monoisotopic (exact) mass is 207 g/mol. The summed E-state index contributed by atoms with van der Waals surface area (Å²) >= 11 is 5.28. The van der Waals surface area contributed by atoms with Crippen LogP contribution in [0.25, 0.3) is 0 Å². The van der Waals surface area contributed by atoms with Gasteiger partial charge in [-0.25, -0.2) is 4.79 Å². The Balaban J connectivity index is 4.26. The summed E-state index contributed by atoms with van der Waals surface area (Å²) in [4.78, 5) is 22.0. The Morgan fingerprint density at radius 2 is 2.00 bits per heavy atom. The maximum atomic E-state index is 11.1. The third-order valence-corrected chi connectivity index (χ3v) is 1.80. The summed E-state index contributed by atoms with van der Waals surface area (Å²) in [5.74, 6) is -0.987. The van der Waals surface area contributed by atoms with Gasteiger partial charge >= 0.3 is 5.97 Å². The van der Waals surface area contributed by atoms with Crippen molar-refractivity contribution in [3.05, 3.63) is 0 Å². The molecule has 13 heavy (non-hydrogen) atoms. The van der Waals surface area contributed by atoms with E-state index in [0.717, 1.165) is 0 Å². The van der Waals surface area contributed by atoms with Gasteiger partial charge in [-0.2, -0.15) is 0 Å². The number of rotatable bonds is 4. The number of ether oxygens (including phenoxy) is 1. The smallest absolute Gasteiger partial charge is 0.328 e. The maximum absolute atomic E-state index is 11.1. The highest BCUT2D eigenvalue weighted by Crippen LogP contribution is 2.03. The van der Waals surface area contributed by atoms with Crippen molar-refractivity contribution in [1.29, 1.82) is 0 Å². The second kappa shape index (κ2) is 5.80. The lowest BCUT2D eigenvalue weighted by Gasteiger charge is -2.18. The standard InChI is InChI=1S/C8H14ClNO3/c1-5(2)7(8(12)13-3)10-6(11)4-9/h5,7H,4H2,1-3H3,(H,10,11)/t7-/m0/s1. The molecule has 4 nitrogen and oxygen atoms in total. The van der Waals surface area contributed by atoms with Crippen LogP contribution in [-0.2, 0) is 14.3 Å². The number of esters is 1. The largest absolute Gasteiger partial charge is 0.467 e.